The van der Waals surface area contributed by atoms with Gasteiger partial charge in [-0.05, 0) is 61.1 Å². The van der Waals surface area contributed by atoms with Crippen LogP contribution in [-0.4, -0.2) is 0 Å². The summed E-state index contributed by atoms with van der Waals surface area (Å²) in [7, 11) is 3.69. The molecule has 0 N–H and O–H groups in total. The Bertz CT molecular complexity index is 477. The number of rotatable bonds is 9. The van der Waals surface area contributed by atoms with Crippen molar-refractivity contribution in [1.29, 1.82) is 0 Å². The molecule has 0 bridgehead atoms. The predicted octanol–water partition coefficient (Wildman–Crippen LogP) is 7.17. The van der Waals surface area contributed by atoms with Crippen LogP contribution in [0.3, 0.4) is 0 Å². The minimum Gasteiger partial charge on any atom is -0.0654 e. The summed E-state index contributed by atoms with van der Waals surface area (Å²) < 4.78 is 0. The zero-order chi connectivity index (χ0) is 15.6. The number of aryl methyl sites for hydroxylation is 2. The van der Waals surface area contributed by atoms with Crippen LogP contribution < -0.4 is 0 Å². The predicted molar refractivity (Wildman–Crippen MR) is 102 cm³/mol. The van der Waals surface area contributed by atoms with E-state index < -0.39 is 0 Å². The van der Waals surface area contributed by atoms with E-state index in [0.717, 1.165) is 0 Å². The molecule has 0 fully saturated rings. The van der Waals surface area contributed by atoms with Gasteiger partial charge >= 0.3 is 0 Å². The third kappa shape index (κ3) is 6.10. The molecule has 0 aliphatic rings. The van der Waals surface area contributed by atoms with Gasteiger partial charge in [-0.15, -0.1) is 0 Å². The van der Waals surface area contributed by atoms with Crippen molar-refractivity contribution in [1.82, 2.24) is 0 Å². The fourth-order valence-electron chi connectivity index (χ4n) is 2.28. The highest BCUT2D eigenvalue weighted by Crippen LogP contribution is 2.37. The minimum absolute atomic E-state index is 1.20. The molecule has 0 amide bonds. The summed E-state index contributed by atoms with van der Waals surface area (Å²) in [6.07, 6.45) is 7.50. The average molecular weight is 331 g/mol. The molecule has 118 valence electrons. The minimum atomic E-state index is 1.20. The molecule has 0 aliphatic heterocycles. The molecule has 0 atom stereocenters. The van der Waals surface area contributed by atoms with E-state index in [1.54, 1.807) is 0 Å². The van der Waals surface area contributed by atoms with Crippen LogP contribution in [0, 0.1) is 0 Å². The van der Waals surface area contributed by atoms with E-state index in [-0.39, 0.29) is 0 Å². The van der Waals surface area contributed by atoms with Crippen molar-refractivity contribution < 1.29 is 0 Å². The summed E-state index contributed by atoms with van der Waals surface area (Å²) in [6, 6.07) is 18.1. The van der Waals surface area contributed by atoms with Crippen LogP contribution in [0.25, 0.3) is 0 Å². The average Bonchev–Trinajstić information content (AvgIpc) is 2.58. The molecule has 2 heteroatoms. The van der Waals surface area contributed by atoms with E-state index in [2.05, 4.69) is 62.4 Å². The first-order chi connectivity index (χ1) is 10.8. The fraction of sp³-hybridized carbons (Fsp3) is 0.400. The van der Waals surface area contributed by atoms with Crippen LogP contribution in [0.1, 0.15) is 50.7 Å². The van der Waals surface area contributed by atoms with Gasteiger partial charge in [0.15, 0.2) is 0 Å². The van der Waals surface area contributed by atoms with E-state index in [9.17, 15) is 0 Å². The van der Waals surface area contributed by atoms with Crippen molar-refractivity contribution in [2.45, 2.75) is 62.2 Å². The molecule has 0 heterocycles. The van der Waals surface area contributed by atoms with E-state index in [4.69, 9.17) is 0 Å². The number of unbranched alkanes of at least 4 members (excludes halogenated alkanes) is 2. The maximum absolute atomic E-state index is 2.27. The Labute approximate surface area is 143 Å². The van der Waals surface area contributed by atoms with Crippen molar-refractivity contribution in [3.8, 4) is 0 Å². The van der Waals surface area contributed by atoms with Gasteiger partial charge in [0.25, 0.3) is 0 Å². The van der Waals surface area contributed by atoms with Crippen LogP contribution >= 0.6 is 21.6 Å². The molecule has 0 spiro atoms. The lowest BCUT2D eigenvalue weighted by Gasteiger charge is -2.05. The van der Waals surface area contributed by atoms with E-state index in [1.807, 2.05) is 21.6 Å². The smallest absolute Gasteiger partial charge is 0.0186 e. The third-order valence-corrected chi connectivity index (χ3v) is 6.14. The molecule has 2 rings (SSSR count). The lowest BCUT2D eigenvalue weighted by molar-refractivity contribution is 0.794. The van der Waals surface area contributed by atoms with Crippen molar-refractivity contribution in [2.24, 2.45) is 0 Å². The molecule has 0 saturated carbocycles. The maximum atomic E-state index is 2.27. The second-order valence-corrected chi connectivity index (χ2v) is 7.94. The standard InChI is InChI=1S/C20H26S2/c1-3-5-7-17-9-13-19(14-10-17)21-22-20-15-11-18(12-16-20)8-6-4-2/h9-16H,3-8H2,1-2H3. The fourth-order valence-corrected chi connectivity index (χ4v) is 4.21. The van der Waals surface area contributed by atoms with Crippen LogP contribution in [0.5, 0.6) is 0 Å². The molecule has 0 nitrogen and oxygen atoms in total. The van der Waals surface area contributed by atoms with Crippen molar-refractivity contribution in [2.75, 3.05) is 0 Å². The van der Waals surface area contributed by atoms with Crippen LogP contribution in [0.15, 0.2) is 58.3 Å². The summed E-state index contributed by atoms with van der Waals surface area (Å²) in [5.41, 5.74) is 2.91. The quantitative estimate of drug-likeness (QED) is 0.447. The highest BCUT2D eigenvalue weighted by molar-refractivity contribution is 8.76. The summed E-state index contributed by atoms with van der Waals surface area (Å²) in [5, 5.41) is 0. The van der Waals surface area contributed by atoms with Gasteiger partial charge in [0.1, 0.15) is 0 Å². The molecular formula is C20H26S2. The Morgan fingerprint density at radius 2 is 0.955 bits per heavy atom. The molecule has 0 unspecified atom stereocenters. The summed E-state index contributed by atoms with van der Waals surface area (Å²) in [4.78, 5) is 2.67. The Morgan fingerprint density at radius 3 is 1.27 bits per heavy atom. The van der Waals surface area contributed by atoms with Crippen molar-refractivity contribution >= 4 is 21.6 Å². The highest BCUT2D eigenvalue weighted by atomic mass is 33.1. The Hall–Kier alpha value is -0.860. The van der Waals surface area contributed by atoms with Gasteiger partial charge in [-0.2, -0.15) is 0 Å². The molecule has 22 heavy (non-hydrogen) atoms. The van der Waals surface area contributed by atoms with Crippen molar-refractivity contribution in [3.05, 3.63) is 59.7 Å². The highest BCUT2D eigenvalue weighted by Gasteiger charge is 2.00. The largest absolute Gasteiger partial charge is 0.0654 e. The Morgan fingerprint density at radius 1 is 0.591 bits per heavy atom. The second kappa shape index (κ2) is 10.0. The lowest BCUT2D eigenvalue weighted by Crippen LogP contribution is -1.84. The summed E-state index contributed by atoms with van der Waals surface area (Å²) in [6.45, 7) is 4.49. The van der Waals surface area contributed by atoms with Gasteiger partial charge in [-0.1, -0.05) is 72.5 Å². The molecule has 0 aliphatic carbocycles. The van der Waals surface area contributed by atoms with Gasteiger partial charge in [-0.3, -0.25) is 0 Å². The number of benzene rings is 2. The topological polar surface area (TPSA) is 0 Å². The van der Waals surface area contributed by atoms with E-state index in [0.29, 0.717) is 0 Å². The first-order valence-corrected chi connectivity index (χ1v) is 10.5. The molecule has 0 radical (unpaired) electrons. The lowest BCUT2D eigenvalue weighted by atomic mass is 10.1. The monoisotopic (exact) mass is 330 g/mol. The molecular weight excluding hydrogens is 304 g/mol. The van der Waals surface area contributed by atoms with E-state index in [1.165, 1.54) is 59.4 Å². The zero-order valence-corrected chi connectivity index (χ0v) is 15.3. The Balaban J connectivity index is 1.81. The Kier molecular flexibility index (Phi) is 7.96. The molecule has 2 aromatic carbocycles. The number of hydrogen-bond acceptors (Lipinski definition) is 2. The zero-order valence-electron chi connectivity index (χ0n) is 13.7. The summed E-state index contributed by atoms with van der Waals surface area (Å²) in [5.74, 6) is 0. The van der Waals surface area contributed by atoms with Gasteiger partial charge in [-0.25, -0.2) is 0 Å². The van der Waals surface area contributed by atoms with Gasteiger partial charge in [0, 0.05) is 9.79 Å². The van der Waals surface area contributed by atoms with Crippen molar-refractivity contribution in [3.63, 3.8) is 0 Å². The van der Waals surface area contributed by atoms with Crippen LogP contribution in [-0.2, 0) is 12.8 Å². The molecule has 0 saturated heterocycles. The van der Waals surface area contributed by atoms with Crippen LogP contribution in [0.2, 0.25) is 0 Å². The van der Waals surface area contributed by atoms with Gasteiger partial charge < -0.3 is 0 Å². The number of hydrogen-bond donors (Lipinski definition) is 0. The summed E-state index contributed by atoms with van der Waals surface area (Å²) >= 11 is 0. The molecule has 2 aromatic rings. The first-order valence-electron chi connectivity index (χ1n) is 8.34. The first kappa shape index (κ1) is 17.5. The second-order valence-electron chi connectivity index (χ2n) is 5.66. The van der Waals surface area contributed by atoms with Gasteiger partial charge in [0.05, 0.1) is 0 Å². The molecule has 0 aromatic heterocycles. The van der Waals surface area contributed by atoms with Crippen LogP contribution in [0.4, 0.5) is 0 Å². The van der Waals surface area contributed by atoms with E-state index >= 15 is 0 Å². The SMILES string of the molecule is CCCCc1ccc(SSc2ccc(CCCC)cc2)cc1. The third-order valence-electron chi connectivity index (χ3n) is 3.72. The maximum Gasteiger partial charge on any atom is 0.0186 e. The van der Waals surface area contributed by atoms with Gasteiger partial charge in [0.2, 0.25) is 0 Å². The normalized spacial score (nSPS) is 10.8.